The molecule has 0 radical (unpaired) electrons. The molecule has 26 heavy (non-hydrogen) atoms. The van der Waals surface area contributed by atoms with E-state index in [1.54, 1.807) is 31.2 Å². The zero-order chi connectivity index (χ0) is 19.1. The van der Waals surface area contributed by atoms with Crippen LogP contribution in [-0.2, 0) is 11.3 Å². The number of amides is 2. The number of benzene rings is 1. The van der Waals surface area contributed by atoms with Crippen molar-refractivity contribution in [1.29, 1.82) is 0 Å². The molecule has 2 aromatic rings. The minimum atomic E-state index is -1.07. The van der Waals surface area contributed by atoms with E-state index in [1.165, 1.54) is 6.07 Å². The van der Waals surface area contributed by atoms with Gasteiger partial charge in [-0.15, -0.1) is 0 Å². The van der Waals surface area contributed by atoms with Crippen LogP contribution in [0.15, 0.2) is 34.7 Å². The summed E-state index contributed by atoms with van der Waals surface area (Å²) in [6.45, 7) is 2.03. The highest BCUT2D eigenvalue weighted by molar-refractivity contribution is 6.30. The maximum Gasteiger partial charge on any atom is 0.339 e. The summed E-state index contributed by atoms with van der Waals surface area (Å²) in [5.74, 6) is -0.831. The Morgan fingerprint density at radius 2 is 1.85 bits per heavy atom. The number of aryl methyl sites for hydroxylation is 1. The Morgan fingerprint density at radius 3 is 2.46 bits per heavy atom. The number of aromatic carboxylic acids is 1. The standard InChI is InChI=1S/C18H19ClN2O5/c1-11-15(18(24)25)9-14(26-11)10-21-16(22)3-2-8-20-17(23)12-4-6-13(19)7-5-12/h4-7,9H,2-3,8,10H2,1H3,(H,20,23)(H,21,22)(H,24,25). The van der Waals surface area contributed by atoms with Crippen LogP contribution in [-0.4, -0.2) is 29.4 Å². The monoisotopic (exact) mass is 378 g/mol. The molecule has 0 spiro atoms. The SMILES string of the molecule is Cc1oc(CNC(=O)CCCNC(=O)c2ccc(Cl)cc2)cc1C(=O)O. The van der Waals surface area contributed by atoms with Crippen molar-refractivity contribution in [2.45, 2.75) is 26.3 Å². The maximum atomic E-state index is 11.9. The first-order chi connectivity index (χ1) is 12.4. The second kappa shape index (κ2) is 9.05. The molecule has 1 heterocycles. The predicted molar refractivity (Wildman–Crippen MR) is 95.3 cm³/mol. The number of hydrogen-bond donors (Lipinski definition) is 3. The first kappa shape index (κ1) is 19.5. The number of nitrogens with one attached hydrogen (secondary N) is 2. The Morgan fingerprint density at radius 1 is 1.15 bits per heavy atom. The molecule has 8 heteroatoms. The summed E-state index contributed by atoms with van der Waals surface area (Å²) >= 11 is 5.77. The van der Waals surface area contributed by atoms with Gasteiger partial charge < -0.3 is 20.2 Å². The van der Waals surface area contributed by atoms with Crippen LogP contribution in [0.25, 0.3) is 0 Å². The van der Waals surface area contributed by atoms with Gasteiger partial charge in [0.25, 0.3) is 5.91 Å². The van der Waals surface area contributed by atoms with Gasteiger partial charge in [-0.3, -0.25) is 9.59 Å². The van der Waals surface area contributed by atoms with Crippen LogP contribution >= 0.6 is 11.6 Å². The summed E-state index contributed by atoms with van der Waals surface area (Å²) in [5.41, 5.74) is 0.584. The fourth-order valence-electron chi connectivity index (χ4n) is 2.27. The minimum Gasteiger partial charge on any atom is -0.478 e. The van der Waals surface area contributed by atoms with E-state index in [-0.39, 0.29) is 30.3 Å². The van der Waals surface area contributed by atoms with Crippen LogP contribution in [0.1, 0.15) is 45.1 Å². The van der Waals surface area contributed by atoms with E-state index in [2.05, 4.69) is 10.6 Å². The number of hydrogen-bond acceptors (Lipinski definition) is 4. The van der Waals surface area contributed by atoms with Gasteiger partial charge in [-0.1, -0.05) is 11.6 Å². The minimum absolute atomic E-state index is 0.0826. The highest BCUT2D eigenvalue weighted by Gasteiger charge is 2.14. The number of carbonyl (C=O) groups excluding carboxylic acids is 2. The van der Waals surface area contributed by atoms with Crippen molar-refractivity contribution >= 4 is 29.4 Å². The second-order valence-electron chi connectivity index (χ2n) is 5.63. The van der Waals surface area contributed by atoms with Gasteiger partial charge in [-0.05, 0) is 43.7 Å². The van der Waals surface area contributed by atoms with E-state index >= 15 is 0 Å². The first-order valence-electron chi connectivity index (χ1n) is 8.00. The van der Waals surface area contributed by atoms with E-state index < -0.39 is 5.97 Å². The third-order valence-electron chi connectivity index (χ3n) is 3.63. The summed E-state index contributed by atoms with van der Waals surface area (Å²) in [4.78, 5) is 34.6. The fraction of sp³-hybridized carbons (Fsp3) is 0.278. The summed E-state index contributed by atoms with van der Waals surface area (Å²) in [6.07, 6.45) is 0.703. The molecule has 0 unspecified atom stereocenters. The Balaban J connectivity index is 1.67. The van der Waals surface area contributed by atoms with Gasteiger partial charge in [0.05, 0.1) is 6.54 Å². The lowest BCUT2D eigenvalue weighted by Crippen LogP contribution is -2.27. The Bertz CT molecular complexity index is 798. The van der Waals surface area contributed by atoms with Crippen LogP contribution in [0, 0.1) is 6.92 Å². The van der Waals surface area contributed by atoms with Crippen molar-refractivity contribution in [2.24, 2.45) is 0 Å². The van der Waals surface area contributed by atoms with E-state index in [4.69, 9.17) is 21.1 Å². The number of rotatable bonds is 8. The lowest BCUT2D eigenvalue weighted by atomic mass is 10.2. The summed E-state index contributed by atoms with van der Waals surface area (Å²) in [7, 11) is 0. The highest BCUT2D eigenvalue weighted by Crippen LogP contribution is 2.14. The molecule has 2 rings (SSSR count). The fourth-order valence-corrected chi connectivity index (χ4v) is 2.40. The molecule has 0 saturated heterocycles. The van der Waals surface area contributed by atoms with Crippen LogP contribution in [0.3, 0.4) is 0 Å². The van der Waals surface area contributed by atoms with E-state index in [0.717, 1.165) is 0 Å². The molecule has 2 amide bonds. The Labute approximate surface area is 155 Å². The molecule has 138 valence electrons. The van der Waals surface area contributed by atoms with Crippen molar-refractivity contribution in [3.05, 3.63) is 58.0 Å². The summed E-state index contributed by atoms with van der Waals surface area (Å²) in [6, 6.07) is 7.92. The highest BCUT2D eigenvalue weighted by atomic mass is 35.5. The second-order valence-corrected chi connectivity index (χ2v) is 6.07. The lowest BCUT2D eigenvalue weighted by Gasteiger charge is -2.06. The number of furan rings is 1. The third kappa shape index (κ3) is 5.63. The van der Waals surface area contributed by atoms with Crippen molar-refractivity contribution in [3.63, 3.8) is 0 Å². The molecule has 0 bridgehead atoms. The van der Waals surface area contributed by atoms with E-state index in [1.807, 2.05) is 0 Å². The van der Waals surface area contributed by atoms with Crippen LogP contribution in [0.5, 0.6) is 0 Å². The van der Waals surface area contributed by atoms with Gasteiger partial charge in [0.1, 0.15) is 17.1 Å². The molecule has 3 N–H and O–H groups in total. The van der Waals surface area contributed by atoms with Crippen LogP contribution < -0.4 is 10.6 Å². The predicted octanol–water partition coefficient (Wildman–Crippen LogP) is 2.77. The molecule has 7 nitrogen and oxygen atoms in total. The smallest absolute Gasteiger partial charge is 0.339 e. The number of carbonyl (C=O) groups is 3. The van der Waals surface area contributed by atoms with E-state index in [0.29, 0.717) is 35.1 Å². The van der Waals surface area contributed by atoms with Crippen LogP contribution in [0.4, 0.5) is 0 Å². The average Bonchev–Trinajstić information content (AvgIpc) is 2.98. The largest absolute Gasteiger partial charge is 0.478 e. The van der Waals surface area contributed by atoms with Gasteiger partial charge in [-0.25, -0.2) is 4.79 Å². The third-order valence-corrected chi connectivity index (χ3v) is 3.88. The van der Waals surface area contributed by atoms with Crippen molar-refractivity contribution < 1.29 is 23.9 Å². The molecule has 0 atom stereocenters. The normalized spacial score (nSPS) is 10.4. The number of carboxylic acid groups (broad SMARTS) is 1. The number of halogens is 1. The maximum absolute atomic E-state index is 11.9. The van der Waals surface area contributed by atoms with Crippen LogP contribution in [0.2, 0.25) is 5.02 Å². The van der Waals surface area contributed by atoms with Crippen molar-refractivity contribution in [3.8, 4) is 0 Å². The first-order valence-corrected chi connectivity index (χ1v) is 8.37. The quantitative estimate of drug-likeness (QED) is 0.612. The van der Waals surface area contributed by atoms with Gasteiger partial charge in [0, 0.05) is 23.6 Å². The zero-order valence-electron chi connectivity index (χ0n) is 14.2. The topological polar surface area (TPSA) is 109 Å². The lowest BCUT2D eigenvalue weighted by molar-refractivity contribution is -0.121. The molecule has 0 saturated carbocycles. The molecule has 0 aliphatic heterocycles. The van der Waals surface area contributed by atoms with Crippen molar-refractivity contribution in [1.82, 2.24) is 10.6 Å². The Kier molecular flexibility index (Phi) is 6.80. The zero-order valence-corrected chi connectivity index (χ0v) is 14.9. The van der Waals surface area contributed by atoms with Gasteiger partial charge in [0.2, 0.25) is 5.91 Å². The molecular formula is C18H19ClN2O5. The molecule has 0 fully saturated rings. The number of carboxylic acids is 1. The molecule has 0 aliphatic carbocycles. The van der Waals surface area contributed by atoms with Gasteiger partial charge >= 0.3 is 5.97 Å². The van der Waals surface area contributed by atoms with Crippen molar-refractivity contribution in [2.75, 3.05) is 6.54 Å². The average molecular weight is 379 g/mol. The summed E-state index contributed by atoms with van der Waals surface area (Å²) < 4.78 is 5.28. The van der Waals surface area contributed by atoms with E-state index in [9.17, 15) is 14.4 Å². The molecule has 1 aromatic heterocycles. The molecule has 1 aromatic carbocycles. The Hall–Kier alpha value is -2.80. The molecular weight excluding hydrogens is 360 g/mol. The summed E-state index contributed by atoms with van der Waals surface area (Å²) in [5, 5.41) is 14.9. The van der Waals surface area contributed by atoms with Gasteiger partial charge in [0.15, 0.2) is 0 Å². The molecule has 0 aliphatic rings. The van der Waals surface area contributed by atoms with Gasteiger partial charge in [-0.2, -0.15) is 0 Å².